The minimum absolute atomic E-state index is 0.0749. The van der Waals surface area contributed by atoms with E-state index in [2.05, 4.69) is 0 Å². The van der Waals surface area contributed by atoms with Crippen LogP contribution in [0.1, 0.15) is 25.7 Å². The van der Waals surface area contributed by atoms with Gasteiger partial charge in [-0.1, -0.05) is 36.0 Å². The summed E-state index contributed by atoms with van der Waals surface area (Å²) in [7, 11) is 0. The van der Waals surface area contributed by atoms with Crippen molar-refractivity contribution in [3.63, 3.8) is 0 Å². The van der Waals surface area contributed by atoms with E-state index in [1.54, 1.807) is 42.5 Å². The molecule has 2 aliphatic rings. The van der Waals surface area contributed by atoms with Gasteiger partial charge in [0, 0.05) is 5.02 Å². The van der Waals surface area contributed by atoms with Gasteiger partial charge < -0.3 is 4.74 Å². The smallest absolute Gasteiger partial charge is 0.237 e. The highest BCUT2D eigenvalue weighted by Gasteiger charge is 2.48. The molecule has 2 amide bonds. The van der Waals surface area contributed by atoms with Gasteiger partial charge in [0.2, 0.25) is 11.8 Å². The summed E-state index contributed by atoms with van der Waals surface area (Å²) >= 11 is 12.0. The Labute approximate surface area is 161 Å². The highest BCUT2D eigenvalue weighted by molar-refractivity contribution is 6.35. The predicted molar refractivity (Wildman–Crippen MR) is 101 cm³/mol. The van der Waals surface area contributed by atoms with Gasteiger partial charge in [-0.15, -0.1) is 0 Å². The van der Waals surface area contributed by atoms with Gasteiger partial charge >= 0.3 is 0 Å². The summed E-state index contributed by atoms with van der Waals surface area (Å²) in [5.74, 6) is 0.598. The first-order valence-electron chi connectivity index (χ1n) is 8.65. The van der Waals surface area contributed by atoms with E-state index >= 15 is 0 Å². The van der Waals surface area contributed by atoms with Crippen molar-refractivity contribution in [2.24, 2.45) is 11.8 Å². The van der Waals surface area contributed by atoms with Gasteiger partial charge in [0.05, 0.1) is 22.5 Å². The zero-order chi connectivity index (χ0) is 18.3. The van der Waals surface area contributed by atoms with E-state index in [1.165, 1.54) is 4.90 Å². The average molecular weight is 390 g/mol. The highest BCUT2D eigenvalue weighted by atomic mass is 35.5. The maximum absolute atomic E-state index is 12.6. The minimum atomic E-state index is -0.153. The molecule has 0 unspecified atom stereocenters. The molecular weight excluding hydrogens is 373 g/mol. The molecule has 1 heterocycles. The van der Waals surface area contributed by atoms with Crippen molar-refractivity contribution < 1.29 is 14.3 Å². The normalized spacial score (nSPS) is 22.5. The van der Waals surface area contributed by atoms with Crippen LogP contribution in [0.15, 0.2) is 42.5 Å². The topological polar surface area (TPSA) is 46.6 Å². The maximum Gasteiger partial charge on any atom is 0.237 e. The number of ether oxygens (including phenoxy) is 1. The second-order valence-corrected chi connectivity index (χ2v) is 7.52. The molecule has 2 atom stereocenters. The highest BCUT2D eigenvalue weighted by Crippen LogP contribution is 2.40. The first-order valence-corrected chi connectivity index (χ1v) is 9.41. The van der Waals surface area contributed by atoms with Crippen LogP contribution in [0.3, 0.4) is 0 Å². The molecule has 1 saturated heterocycles. The number of halogens is 2. The lowest BCUT2D eigenvalue weighted by atomic mass is 9.81. The first kappa shape index (κ1) is 17.4. The van der Waals surface area contributed by atoms with Crippen LogP contribution in [0, 0.1) is 11.8 Å². The Hall–Kier alpha value is -2.04. The second-order valence-electron chi connectivity index (χ2n) is 6.68. The van der Waals surface area contributed by atoms with Crippen LogP contribution < -0.4 is 9.64 Å². The van der Waals surface area contributed by atoms with Gasteiger partial charge in [0.25, 0.3) is 0 Å². The van der Waals surface area contributed by atoms with Crippen LogP contribution in [0.2, 0.25) is 10.0 Å². The number of rotatable bonds is 3. The summed E-state index contributed by atoms with van der Waals surface area (Å²) in [6, 6.07) is 11.9. The maximum atomic E-state index is 12.6. The lowest BCUT2D eigenvalue weighted by Crippen LogP contribution is -2.30. The molecule has 0 radical (unpaired) electrons. The molecule has 134 valence electrons. The number of fused-ring (bicyclic) bond motifs is 1. The van der Waals surface area contributed by atoms with Gasteiger partial charge in [-0.3, -0.25) is 14.5 Å². The zero-order valence-electron chi connectivity index (χ0n) is 14.0. The molecule has 4 rings (SSSR count). The summed E-state index contributed by atoms with van der Waals surface area (Å²) in [4.78, 5) is 26.6. The number of benzene rings is 2. The van der Waals surface area contributed by atoms with E-state index in [-0.39, 0.29) is 23.7 Å². The Bertz CT molecular complexity index is 842. The van der Waals surface area contributed by atoms with Crippen molar-refractivity contribution in [1.82, 2.24) is 0 Å². The van der Waals surface area contributed by atoms with E-state index < -0.39 is 0 Å². The van der Waals surface area contributed by atoms with Gasteiger partial charge in [0.1, 0.15) is 11.5 Å². The molecule has 2 fully saturated rings. The molecule has 1 aliphatic heterocycles. The molecule has 26 heavy (non-hydrogen) atoms. The Balaban J connectivity index is 1.54. The van der Waals surface area contributed by atoms with Gasteiger partial charge in [-0.2, -0.15) is 0 Å². The van der Waals surface area contributed by atoms with Gasteiger partial charge in [-0.25, -0.2) is 0 Å². The van der Waals surface area contributed by atoms with Crippen LogP contribution in [-0.4, -0.2) is 11.8 Å². The van der Waals surface area contributed by atoms with E-state index in [9.17, 15) is 9.59 Å². The number of carbonyl (C=O) groups is 2. The molecule has 1 saturated carbocycles. The third-order valence-corrected chi connectivity index (χ3v) is 5.59. The van der Waals surface area contributed by atoms with Crippen molar-refractivity contribution >= 4 is 40.7 Å². The third kappa shape index (κ3) is 3.08. The summed E-state index contributed by atoms with van der Waals surface area (Å²) < 4.78 is 5.75. The Morgan fingerprint density at radius 3 is 2.08 bits per heavy atom. The fourth-order valence-electron chi connectivity index (χ4n) is 3.76. The summed E-state index contributed by atoms with van der Waals surface area (Å²) in [6.45, 7) is 0. The number of hydrogen-bond acceptors (Lipinski definition) is 3. The Kier molecular flexibility index (Phi) is 4.63. The fraction of sp³-hybridized carbons (Fsp3) is 0.300. The largest absolute Gasteiger partial charge is 0.456 e. The lowest BCUT2D eigenvalue weighted by Gasteiger charge is -2.19. The zero-order valence-corrected chi connectivity index (χ0v) is 15.5. The number of hydrogen-bond donors (Lipinski definition) is 0. The fourth-order valence-corrected chi connectivity index (χ4v) is 4.21. The van der Waals surface area contributed by atoms with Crippen LogP contribution in [0.5, 0.6) is 11.5 Å². The Morgan fingerprint density at radius 2 is 1.50 bits per heavy atom. The van der Waals surface area contributed by atoms with Crippen molar-refractivity contribution in [3.05, 3.63) is 52.5 Å². The summed E-state index contributed by atoms with van der Waals surface area (Å²) in [5, 5.41) is 0.945. The first-order chi connectivity index (χ1) is 12.5. The standard InChI is InChI=1S/C20H17Cl2NO3/c21-12-5-10-18(17(22)11-12)26-14-8-6-13(7-9-14)23-19(24)15-3-1-2-4-16(15)20(23)25/h5-11,15-16H,1-4H2/t15-,16-/m0/s1. The third-order valence-electron chi connectivity index (χ3n) is 5.06. The molecule has 0 N–H and O–H groups in total. The quantitative estimate of drug-likeness (QED) is 0.654. The summed E-state index contributed by atoms with van der Waals surface area (Å²) in [5.41, 5.74) is 0.587. The molecule has 4 nitrogen and oxygen atoms in total. The minimum Gasteiger partial charge on any atom is -0.456 e. The van der Waals surface area contributed by atoms with Crippen LogP contribution >= 0.6 is 23.2 Å². The van der Waals surface area contributed by atoms with Gasteiger partial charge in [-0.05, 0) is 55.3 Å². The van der Waals surface area contributed by atoms with Crippen LogP contribution in [-0.2, 0) is 9.59 Å². The molecule has 2 aromatic rings. The van der Waals surface area contributed by atoms with Gasteiger partial charge in [0.15, 0.2) is 0 Å². The second kappa shape index (κ2) is 6.93. The van der Waals surface area contributed by atoms with E-state index in [0.717, 1.165) is 25.7 Å². The number of carbonyl (C=O) groups excluding carboxylic acids is 2. The molecule has 2 aromatic carbocycles. The average Bonchev–Trinajstić information content (AvgIpc) is 2.90. The predicted octanol–water partition coefficient (Wildman–Crippen LogP) is 5.47. The van der Waals surface area contributed by atoms with E-state index in [0.29, 0.717) is 27.2 Å². The van der Waals surface area contributed by atoms with E-state index in [1.807, 2.05) is 0 Å². The van der Waals surface area contributed by atoms with Crippen LogP contribution in [0.25, 0.3) is 0 Å². The lowest BCUT2D eigenvalue weighted by molar-refractivity contribution is -0.122. The molecule has 1 aliphatic carbocycles. The van der Waals surface area contributed by atoms with Crippen molar-refractivity contribution in [3.8, 4) is 11.5 Å². The molecule has 0 spiro atoms. The number of amides is 2. The molecule has 6 heteroatoms. The van der Waals surface area contributed by atoms with Crippen LogP contribution in [0.4, 0.5) is 5.69 Å². The number of imide groups is 1. The molecule has 0 bridgehead atoms. The SMILES string of the molecule is O=C1[C@H]2CCCC[C@@H]2C(=O)N1c1ccc(Oc2ccc(Cl)cc2Cl)cc1. The summed E-state index contributed by atoms with van der Waals surface area (Å²) in [6.07, 6.45) is 3.65. The van der Waals surface area contributed by atoms with E-state index in [4.69, 9.17) is 27.9 Å². The van der Waals surface area contributed by atoms with Crippen molar-refractivity contribution in [2.45, 2.75) is 25.7 Å². The monoisotopic (exact) mass is 389 g/mol. The molecular formula is C20H17Cl2NO3. The Morgan fingerprint density at radius 1 is 0.885 bits per heavy atom. The number of nitrogens with zero attached hydrogens (tertiary/aromatic N) is 1. The van der Waals surface area contributed by atoms with Crippen molar-refractivity contribution in [1.29, 1.82) is 0 Å². The van der Waals surface area contributed by atoms with Crippen molar-refractivity contribution in [2.75, 3.05) is 4.90 Å². The number of anilines is 1. The molecule has 0 aromatic heterocycles.